The Labute approximate surface area is 182 Å². The van der Waals surface area contributed by atoms with Crippen molar-refractivity contribution in [1.82, 2.24) is 4.98 Å². The van der Waals surface area contributed by atoms with Crippen LogP contribution in [-0.2, 0) is 10.2 Å². The number of ether oxygens (including phenoxy) is 1. The summed E-state index contributed by atoms with van der Waals surface area (Å²) in [7, 11) is 0. The zero-order chi connectivity index (χ0) is 20.1. The van der Waals surface area contributed by atoms with E-state index in [1.165, 1.54) is 16.9 Å². The zero-order valence-corrected chi connectivity index (χ0v) is 19.3. The molecule has 28 heavy (non-hydrogen) atoms. The molecule has 0 spiro atoms. The smallest absolute Gasteiger partial charge is 0.226 e. The van der Waals surface area contributed by atoms with Crippen LogP contribution < -0.4 is 10.1 Å². The van der Waals surface area contributed by atoms with Crippen LogP contribution >= 0.6 is 38.6 Å². The molecular formula is C21H23BrN2O2S2. The minimum atomic E-state index is -0.0437. The van der Waals surface area contributed by atoms with Crippen LogP contribution in [0.4, 0.5) is 5.13 Å². The number of hydrogen-bond acceptors (Lipinski definition) is 5. The fourth-order valence-electron chi connectivity index (χ4n) is 2.55. The summed E-state index contributed by atoms with van der Waals surface area (Å²) in [6, 6.07) is 10.2. The maximum absolute atomic E-state index is 12.1. The molecule has 0 fully saturated rings. The van der Waals surface area contributed by atoms with Gasteiger partial charge in [-0.15, -0.1) is 22.7 Å². The Morgan fingerprint density at radius 2 is 2.07 bits per heavy atom. The molecule has 0 aliphatic carbocycles. The van der Waals surface area contributed by atoms with Crippen LogP contribution in [-0.4, -0.2) is 17.5 Å². The number of hydrogen-bond donors (Lipinski definition) is 1. The summed E-state index contributed by atoms with van der Waals surface area (Å²) in [4.78, 5) is 17.7. The van der Waals surface area contributed by atoms with Gasteiger partial charge in [0.2, 0.25) is 5.91 Å². The Bertz CT molecular complexity index is 930. The lowest BCUT2D eigenvalue weighted by Gasteiger charge is -2.20. The van der Waals surface area contributed by atoms with E-state index in [0.29, 0.717) is 24.6 Å². The van der Waals surface area contributed by atoms with Crippen molar-refractivity contribution in [3.05, 3.63) is 51.1 Å². The topological polar surface area (TPSA) is 51.2 Å². The molecule has 3 rings (SSSR count). The molecule has 3 aromatic rings. The van der Waals surface area contributed by atoms with Crippen molar-refractivity contribution in [2.45, 2.75) is 39.0 Å². The first kappa shape index (κ1) is 21.0. The molecule has 0 atom stereocenters. The Kier molecular flexibility index (Phi) is 6.91. The van der Waals surface area contributed by atoms with Crippen LogP contribution in [0.5, 0.6) is 5.75 Å². The molecule has 0 radical (unpaired) electrons. The molecule has 148 valence electrons. The van der Waals surface area contributed by atoms with E-state index in [2.05, 4.69) is 59.1 Å². The Morgan fingerprint density at radius 3 is 2.75 bits per heavy atom. The van der Waals surface area contributed by atoms with Gasteiger partial charge in [-0.3, -0.25) is 4.79 Å². The first-order valence-electron chi connectivity index (χ1n) is 9.05. The highest BCUT2D eigenvalue weighted by atomic mass is 79.9. The highest BCUT2D eigenvalue weighted by Crippen LogP contribution is 2.32. The van der Waals surface area contributed by atoms with Crippen LogP contribution in [0.25, 0.3) is 10.6 Å². The van der Waals surface area contributed by atoms with Gasteiger partial charge in [-0.05, 0) is 56.9 Å². The predicted molar refractivity (Wildman–Crippen MR) is 122 cm³/mol. The van der Waals surface area contributed by atoms with Gasteiger partial charge in [0.1, 0.15) is 5.75 Å². The van der Waals surface area contributed by atoms with Gasteiger partial charge in [-0.2, -0.15) is 0 Å². The van der Waals surface area contributed by atoms with E-state index in [1.807, 2.05) is 29.0 Å². The highest BCUT2D eigenvalue weighted by Gasteiger charge is 2.15. The van der Waals surface area contributed by atoms with E-state index in [-0.39, 0.29) is 11.3 Å². The van der Waals surface area contributed by atoms with Crippen molar-refractivity contribution in [3.8, 4) is 16.3 Å². The van der Waals surface area contributed by atoms with Gasteiger partial charge in [0, 0.05) is 11.8 Å². The lowest BCUT2D eigenvalue weighted by atomic mass is 9.87. The standard InChI is InChI=1S/C21H23BrN2O2S2/c1-21(2,3)14-8-9-17(15(22)12-14)26-10-4-7-19(25)24-20-23-16(13-28-20)18-6-5-11-27-18/h5-6,8-9,11-13H,4,7,10H2,1-3H3,(H,23,24,25). The SMILES string of the molecule is CC(C)(C)c1ccc(OCCCC(=O)Nc2nc(-c3cccs3)cs2)c(Br)c1. The van der Waals surface area contributed by atoms with E-state index >= 15 is 0 Å². The highest BCUT2D eigenvalue weighted by molar-refractivity contribution is 9.10. The predicted octanol–water partition coefficient (Wildman–Crippen LogP) is 6.73. The monoisotopic (exact) mass is 478 g/mol. The molecule has 0 saturated carbocycles. The van der Waals surface area contributed by atoms with Crippen molar-refractivity contribution in [2.24, 2.45) is 0 Å². The lowest BCUT2D eigenvalue weighted by Crippen LogP contribution is -2.13. The van der Waals surface area contributed by atoms with Crippen LogP contribution in [0.15, 0.2) is 45.6 Å². The number of thiazole rings is 1. The van der Waals surface area contributed by atoms with E-state index in [1.54, 1.807) is 11.3 Å². The van der Waals surface area contributed by atoms with Crippen molar-refractivity contribution in [2.75, 3.05) is 11.9 Å². The molecule has 1 amide bonds. The van der Waals surface area contributed by atoms with E-state index < -0.39 is 0 Å². The number of thiophene rings is 1. The van der Waals surface area contributed by atoms with Gasteiger partial charge in [0.05, 0.1) is 21.7 Å². The number of anilines is 1. The number of nitrogens with one attached hydrogen (secondary N) is 1. The second kappa shape index (κ2) is 9.20. The Hall–Kier alpha value is -1.70. The first-order chi connectivity index (χ1) is 13.3. The van der Waals surface area contributed by atoms with E-state index in [9.17, 15) is 4.79 Å². The molecule has 2 aromatic heterocycles. The molecular weight excluding hydrogens is 456 g/mol. The molecule has 0 bridgehead atoms. The van der Waals surface area contributed by atoms with Crippen LogP contribution in [0.2, 0.25) is 0 Å². The number of halogens is 1. The molecule has 1 N–H and O–H groups in total. The quantitative estimate of drug-likeness (QED) is 0.383. The number of aromatic nitrogens is 1. The minimum absolute atomic E-state index is 0.0437. The minimum Gasteiger partial charge on any atom is -0.492 e. The molecule has 0 aliphatic heterocycles. The third kappa shape index (κ3) is 5.65. The summed E-state index contributed by atoms with van der Waals surface area (Å²) in [6.07, 6.45) is 1.04. The molecule has 2 heterocycles. The van der Waals surface area contributed by atoms with Crippen LogP contribution in [0, 0.1) is 0 Å². The molecule has 0 saturated heterocycles. The van der Waals surface area contributed by atoms with Gasteiger partial charge >= 0.3 is 0 Å². The van der Waals surface area contributed by atoms with Gasteiger partial charge in [0.25, 0.3) is 0 Å². The zero-order valence-electron chi connectivity index (χ0n) is 16.1. The third-order valence-electron chi connectivity index (χ3n) is 4.13. The molecule has 0 unspecified atom stereocenters. The summed E-state index contributed by atoms with van der Waals surface area (Å²) < 4.78 is 6.76. The Balaban J connectivity index is 1.43. The number of nitrogens with zero attached hydrogens (tertiary/aromatic N) is 1. The molecule has 4 nitrogen and oxygen atoms in total. The normalized spacial score (nSPS) is 11.4. The number of rotatable bonds is 7. The van der Waals surface area contributed by atoms with Crippen molar-refractivity contribution in [1.29, 1.82) is 0 Å². The van der Waals surface area contributed by atoms with Crippen molar-refractivity contribution in [3.63, 3.8) is 0 Å². The van der Waals surface area contributed by atoms with Gasteiger partial charge in [-0.1, -0.05) is 32.9 Å². The maximum atomic E-state index is 12.1. The number of benzene rings is 1. The summed E-state index contributed by atoms with van der Waals surface area (Å²) in [5.41, 5.74) is 2.25. The second-order valence-electron chi connectivity index (χ2n) is 7.41. The average Bonchev–Trinajstić information content (AvgIpc) is 3.30. The van der Waals surface area contributed by atoms with Crippen LogP contribution in [0.3, 0.4) is 0 Å². The van der Waals surface area contributed by atoms with Gasteiger partial charge in [0.15, 0.2) is 5.13 Å². The molecule has 7 heteroatoms. The third-order valence-corrected chi connectivity index (χ3v) is 6.40. The van der Waals surface area contributed by atoms with E-state index in [0.717, 1.165) is 20.8 Å². The van der Waals surface area contributed by atoms with Crippen LogP contribution in [0.1, 0.15) is 39.2 Å². The lowest BCUT2D eigenvalue weighted by molar-refractivity contribution is -0.116. The van der Waals surface area contributed by atoms with Gasteiger partial charge < -0.3 is 10.1 Å². The average molecular weight is 479 g/mol. The number of carbonyl (C=O) groups is 1. The summed E-state index contributed by atoms with van der Waals surface area (Å²) >= 11 is 6.65. The molecule has 1 aromatic carbocycles. The Morgan fingerprint density at radius 1 is 1.25 bits per heavy atom. The maximum Gasteiger partial charge on any atom is 0.226 e. The summed E-state index contributed by atoms with van der Waals surface area (Å²) in [5, 5.41) is 7.48. The van der Waals surface area contributed by atoms with E-state index in [4.69, 9.17) is 4.74 Å². The first-order valence-corrected chi connectivity index (χ1v) is 11.6. The fraction of sp³-hybridized carbons (Fsp3) is 0.333. The largest absolute Gasteiger partial charge is 0.492 e. The van der Waals surface area contributed by atoms with Crippen molar-refractivity contribution >= 4 is 49.6 Å². The molecule has 0 aliphatic rings. The van der Waals surface area contributed by atoms with Gasteiger partial charge in [-0.25, -0.2) is 4.98 Å². The number of amides is 1. The number of carbonyl (C=O) groups excluding carboxylic acids is 1. The fourth-order valence-corrected chi connectivity index (χ4v) is 4.53. The van der Waals surface area contributed by atoms with Crippen molar-refractivity contribution < 1.29 is 9.53 Å². The summed E-state index contributed by atoms with van der Waals surface area (Å²) in [5.74, 6) is 0.756. The second-order valence-corrected chi connectivity index (χ2v) is 10.1. The summed E-state index contributed by atoms with van der Waals surface area (Å²) in [6.45, 7) is 7.03.